The van der Waals surface area contributed by atoms with Gasteiger partial charge in [0.05, 0.1) is 7.11 Å². The van der Waals surface area contributed by atoms with Crippen molar-refractivity contribution in [3.05, 3.63) is 0 Å². The van der Waals surface area contributed by atoms with Crippen molar-refractivity contribution in [3.8, 4) is 0 Å². The fourth-order valence-electron chi connectivity index (χ4n) is 1.09. The third-order valence-electron chi connectivity index (χ3n) is 1.80. The standard InChI is InChI=1S/C7H10O4S/c1-11-7(9)5-4-12(10)3-2-6(5)8/h5H,2-4H2,1H3. The molecule has 1 saturated heterocycles. The zero-order chi connectivity index (χ0) is 9.14. The third kappa shape index (κ3) is 1.91. The van der Waals surface area contributed by atoms with Gasteiger partial charge in [0.25, 0.3) is 0 Å². The van der Waals surface area contributed by atoms with Gasteiger partial charge < -0.3 is 4.74 Å². The summed E-state index contributed by atoms with van der Waals surface area (Å²) in [5, 5.41) is 0. The third-order valence-corrected chi connectivity index (χ3v) is 3.17. The van der Waals surface area contributed by atoms with Gasteiger partial charge in [-0.25, -0.2) is 0 Å². The molecule has 2 unspecified atom stereocenters. The van der Waals surface area contributed by atoms with E-state index in [-0.39, 0.29) is 18.0 Å². The quantitative estimate of drug-likeness (QED) is 0.413. The average molecular weight is 190 g/mol. The van der Waals surface area contributed by atoms with Gasteiger partial charge in [-0.3, -0.25) is 13.8 Å². The lowest BCUT2D eigenvalue weighted by Gasteiger charge is -2.17. The van der Waals surface area contributed by atoms with Gasteiger partial charge in [-0.2, -0.15) is 0 Å². The molecular weight excluding hydrogens is 180 g/mol. The van der Waals surface area contributed by atoms with Crippen LogP contribution in [-0.2, 0) is 25.1 Å². The highest BCUT2D eigenvalue weighted by Crippen LogP contribution is 2.13. The van der Waals surface area contributed by atoms with E-state index in [9.17, 15) is 13.8 Å². The molecule has 1 aliphatic rings. The Morgan fingerprint density at radius 1 is 1.67 bits per heavy atom. The molecule has 2 atom stereocenters. The molecule has 0 aromatic carbocycles. The maximum absolute atomic E-state index is 11.1. The summed E-state index contributed by atoms with van der Waals surface area (Å²) < 4.78 is 15.4. The van der Waals surface area contributed by atoms with Crippen LogP contribution in [0.15, 0.2) is 0 Å². The molecule has 0 aromatic rings. The van der Waals surface area contributed by atoms with Gasteiger partial charge in [0, 0.05) is 28.7 Å². The van der Waals surface area contributed by atoms with Crippen molar-refractivity contribution in [3.63, 3.8) is 0 Å². The predicted molar refractivity (Wildman–Crippen MR) is 43.0 cm³/mol. The fraction of sp³-hybridized carbons (Fsp3) is 0.714. The number of Topliss-reactive ketones (excluding diaryl/α,β-unsaturated/α-hetero) is 1. The molecular formula is C7H10O4S. The molecule has 68 valence electrons. The smallest absolute Gasteiger partial charge is 0.317 e. The van der Waals surface area contributed by atoms with E-state index in [4.69, 9.17) is 0 Å². The molecule has 4 nitrogen and oxygen atoms in total. The Hall–Kier alpha value is -0.710. The molecule has 1 rings (SSSR count). The van der Waals surface area contributed by atoms with Gasteiger partial charge in [0.1, 0.15) is 11.7 Å². The molecule has 0 N–H and O–H groups in total. The van der Waals surface area contributed by atoms with Gasteiger partial charge in [-0.1, -0.05) is 0 Å². The van der Waals surface area contributed by atoms with Crippen LogP contribution in [0.25, 0.3) is 0 Å². The van der Waals surface area contributed by atoms with Crippen molar-refractivity contribution in [1.29, 1.82) is 0 Å². The average Bonchev–Trinajstić information content (AvgIpc) is 2.08. The Labute approximate surface area is 72.7 Å². The van der Waals surface area contributed by atoms with Gasteiger partial charge >= 0.3 is 5.97 Å². The van der Waals surface area contributed by atoms with Crippen molar-refractivity contribution in [2.75, 3.05) is 18.6 Å². The van der Waals surface area contributed by atoms with Crippen molar-refractivity contribution in [2.45, 2.75) is 6.42 Å². The van der Waals surface area contributed by atoms with Crippen LogP contribution in [-0.4, -0.2) is 34.6 Å². The summed E-state index contributed by atoms with van der Waals surface area (Å²) in [5.41, 5.74) is 0. The molecule has 0 radical (unpaired) electrons. The summed E-state index contributed by atoms with van der Waals surface area (Å²) in [6, 6.07) is 0. The van der Waals surface area contributed by atoms with Crippen LogP contribution >= 0.6 is 0 Å². The lowest BCUT2D eigenvalue weighted by molar-refractivity contribution is -0.148. The fourth-order valence-corrected chi connectivity index (χ4v) is 2.38. The van der Waals surface area contributed by atoms with Crippen molar-refractivity contribution < 1.29 is 18.5 Å². The summed E-state index contributed by atoms with van der Waals surface area (Å²) in [6.45, 7) is 0. The van der Waals surface area contributed by atoms with Crippen LogP contribution < -0.4 is 0 Å². The first-order chi connectivity index (χ1) is 5.65. The SMILES string of the molecule is COC(=O)C1CS(=O)CCC1=O. The van der Waals surface area contributed by atoms with Gasteiger partial charge in [-0.05, 0) is 0 Å². The monoisotopic (exact) mass is 190 g/mol. The summed E-state index contributed by atoms with van der Waals surface area (Å²) in [6.07, 6.45) is 0.229. The lowest BCUT2D eigenvalue weighted by Crippen LogP contribution is -2.35. The number of hydrogen-bond acceptors (Lipinski definition) is 4. The molecule has 0 bridgehead atoms. The van der Waals surface area contributed by atoms with Crippen LogP contribution in [0.5, 0.6) is 0 Å². The maximum Gasteiger partial charge on any atom is 0.317 e. The van der Waals surface area contributed by atoms with Gasteiger partial charge in [-0.15, -0.1) is 0 Å². The van der Waals surface area contributed by atoms with Crippen molar-refractivity contribution in [2.24, 2.45) is 5.92 Å². The number of methoxy groups -OCH3 is 1. The molecule has 0 aromatic heterocycles. The highest BCUT2D eigenvalue weighted by atomic mass is 32.2. The van der Waals surface area contributed by atoms with Crippen molar-refractivity contribution in [1.82, 2.24) is 0 Å². The van der Waals surface area contributed by atoms with E-state index in [1.54, 1.807) is 0 Å². The molecule has 1 fully saturated rings. The molecule has 0 amide bonds. The van der Waals surface area contributed by atoms with E-state index in [1.807, 2.05) is 0 Å². The summed E-state index contributed by atoms with van der Waals surface area (Å²) >= 11 is 0. The zero-order valence-electron chi connectivity index (χ0n) is 6.74. The van der Waals surface area contributed by atoms with E-state index in [2.05, 4.69) is 4.74 Å². The number of ether oxygens (including phenoxy) is 1. The predicted octanol–water partition coefficient (Wildman–Crippen LogP) is -0.503. The van der Waals surface area contributed by atoms with E-state index >= 15 is 0 Å². The second kappa shape index (κ2) is 3.80. The number of esters is 1. The number of ketones is 1. The summed E-state index contributed by atoms with van der Waals surface area (Å²) in [4.78, 5) is 22.1. The van der Waals surface area contributed by atoms with E-state index < -0.39 is 22.7 Å². The van der Waals surface area contributed by atoms with Gasteiger partial charge in [0.2, 0.25) is 0 Å². The van der Waals surface area contributed by atoms with E-state index in [0.717, 1.165) is 0 Å². The first-order valence-electron chi connectivity index (χ1n) is 3.60. The minimum Gasteiger partial charge on any atom is -0.468 e. The summed E-state index contributed by atoms with van der Waals surface area (Å²) in [5.74, 6) is -0.989. The highest BCUT2D eigenvalue weighted by Gasteiger charge is 2.32. The second-order valence-corrected chi connectivity index (χ2v) is 4.22. The maximum atomic E-state index is 11.1. The zero-order valence-corrected chi connectivity index (χ0v) is 7.56. The number of hydrogen-bond donors (Lipinski definition) is 0. The Morgan fingerprint density at radius 3 is 2.92 bits per heavy atom. The van der Waals surface area contributed by atoms with Crippen molar-refractivity contribution >= 4 is 22.6 Å². The normalized spacial score (nSPS) is 29.9. The lowest BCUT2D eigenvalue weighted by atomic mass is 10.0. The van der Waals surface area contributed by atoms with Crippen LogP contribution in [0, 0.1) is 5.92 Å². The van der Waals surface area contributed by atoms with E-state index in [0.29, 0.717) is 5.75 Å². The minimum absolute atomic E-state index is 0.130. The number of rotatable bonds is 1. The Balaban J connectivity index is 2.67. The van der Waals surface area contributed by atoms with Crippen LogP contribution in [0.3, 0.4) is 0 Å². The van der Waals surface area contributed by atoms with Crippen LogP contribution in [0.4, 0.5) is 0 Å². The molecule has 0 aliphatic carbocycles. The molecule has 12 heavy (non-hydrogen) atoms. The molecule has 0 spiro atoms. The summed E-state index contributed by atoms with van der Waals surface area (Å²) in [7, 11) is 0.194. The largest absolute Gasteiger partial charge is 0.468 e. The topological polar surface area (TPSA) is 60.4 Å². The second-order valence-electron chi connectivity index (χ2n) is 2.60. The van der Waals surface area contributed by atoms with Crippen LogP contribution in [0.1, 0.15) is 6.42 Å². The number of carbonyl (C=O) groups excluding carboxylic acids is 2. The molecule has 5 heteroatoms. The molecule has 1 heterocycles. The molecule has 1 aliphatic heterocycles. The minimum atomic E-state index is -1.03. The van der Waals surface area contributed by atoms with Crippen LogP contribution in [0.2, 0.25) is 0 Å². The van der Waals surface area contributed by atoms with Gasteiger partial charge in [0.15, 0.2) is 0 Å². The first-order valence-corrected chi connectivity index (χ1v) is 5.09. The highest BCUT2D eigenvalue weighted by molar-refractivity contribution is 7.85. The Bertz CT molecular complexity index is 228. The molecule has 0 saturated carbocycles. The Morgan fingerprint density at radius 2 is 2.33 bits per heavy atom. The van der Waals surface area contributed by atoms with E-state index in [1.165, 1.54) is 7.11 Å². The number of carbonyl (C=O) groups is 2. The first kappa shape index (κ1) is 9.38. The Kier molecular flexibility index (Phi) is 2.97.